The number of nitrogens with one attached hydrogen (secondary N) is 1. The summed E-state index contributed by atoms with van der Waals surface area (Å²) in [6.45, 7) is 0.807. The number of urea groups is 1. The second-order valence-corrected chi connectivity index (χ2v) is 8.51. The van der Waals surface area contributed by atoms with Crippen LogP contribution in [-0.4, -0.2) is 59.4 Å². The normalized spacial score (nSPS) is 16.5. The number of carbonyl (C=O) groups excluding carboxylic acids is 1. The number of alkyl halides is 3. The van der Waals surface area contributed by atoms with E-state index in [1.54, 1.807) is 7.05 Å². The maximum absolute atomic E-state index is 12.7. The van der Waals surface area contributed by atoms with E-state index in [1.807, 2.05) is 0 Å². The number of aromatic nitrogens is 2. The maximum atomic E-state index is 12.7. The van der Waals surface area contributed by atoms with Crippen molar-refractivity contribution in [2.24, 2.45) is 7.05 Å². The zero-order valence-corrected chi connectivity index (χ0v) is 16.4. The second kappa shape index (κ2) is 8.03. The van der Waals surface area contributed by atoms with Crippen LogP contribution in [0.5, 0.6) is 0 Å². The number of sulfonamides is 1. The van der Waals surface area contributed by atoms with Crippen LogP contribution in [0, 0.1) is 0 Å². The van der Waals surface area contributed by atoms with E-state index in [1.165, 1.54) is 38.4 Å². The van der Waals surface area contributed by atoms with E-state index in [4.69, 9.17) is 0 Å². The monoisotopic (exact) mass is 431 g/mol. The molecule has 2 aromatic rings. The van der Waals surface area contributed by atoms with Gasteiger partial charge in [-0.1, -0.05) is 0 Å². The lowest BCUT2D eigenvalue weighted by molar-refractivity contribution is -0.137. The molecule has 2 heterocycles. The summed E-state index contributed by atoms with van der Waals surface area (Å²) in [6.07, 6.45) is -1.22. The van der Waals surface area contributed by atoms with Crippen LogP contribution in [0.1, 0.15) is 12.0 Å². The molecule has 0 bridgehead atoms. The third kappa shape index (κ3) is 4.88. The minimum atomic E-state index is -4.45. The van der Waals surface area contributed by atoms with Crippen LogP contribution in [-0.2, 0) is 23.2 Å². The van der Waals surface area contributed by atoms with Gasteiger partial charge in [-0.3, -0.25) is 0 Å². The van der Waals surface area contributed by atoms with Gasteiger partial charge in [0.2, 0.25) is 0 Å². The number of aryl methyl sites for hydroxylation is 1. The van der Waals surface area contributed by atoms with E-state index in [2.05, 4.69) is 10.3 Å². The molecule has 1 aliphatic heterocycles. The molecule has 0 aliphatic carbocycles. The molecule has 12 heteroatoms. The van der Waals surface area contributed by atoms with E-state index in [-0.39, 0.29) is 30.3 Å². The Morgan fingerprint density at radius 2 is 1.79 bits per heavy atom. The minimum absolute atomic E-state index is 0.0531. The van der Waals surface area contributed by atoms with E-state index < -0.39 is 27.8 Å². The zero-order valence-electron chi connectivity index (χ0n) is 15.6. The fraction of sp³-hybridized carbons (Fsp3) is 0.412. The molecule has 1 aromatic carbocycles. The van der Waals surface area contributed by atoms with Gasteiger partial charge in [-0.05, 0) is 30.7 Å². The Balaban J connectivity index is 1.62. The quantitative estimate of drug-likeness (QED) is 0.808. The van der Waals surface area contributed by atoms with Crippen LogP contribution >= 0.6 is 0 Å². The predicted molar refractivity (Wildman–Crippen MR) is 98.6 cm³/mol. The number of hydrogen-bond acceptors (Lipinski definition) is 4. The second-order valence-electron chi connectivity index (χ2n) is 6.63. The highest BCUT2D eigenvalue weighted by Crippen LogP contribution is 2.29. The number of anilines is 1. The van der Waals surface area contributed by atoms with Crippen molar-refractivity contribution in [1.82, 2.24) is 18.8 Å². The van der Waals surface area contributed by atoms with Gasteiger partial charge in [0.25, 0.3) is 10.0 Å². The number of hydrogen-bond donors (Lipinski definition) is 1. The molecule has 158 valence electrons. The average Bonchev–Trinajstić information content (AvgIpc) is 2.94. The van der Waals surface area contributed by atoms with Gasteiger partial charge in [-0.15, -0.1) is 0 Å². The Morgan fingerprint density at radius 3 is 2.38 bits per heavy atom. The Kier molecular flexibility index (Phi) is 5.85. The Hall–Kier alpha value is -2.60. The van der Waals surface area contributed by atoms with Crippen molar-refractivity contribution in [3.63, 3.8) is 0 Å². The molecule has 0 atom stereocenters. The summed E-state index contributed by atoms with van der Waals surface area (Å²) < 4.78 is 66.0. The van der Waals surface area contributed by atoms with Crippen molar-refractivity contribution in [2.75, 3.05) is 31.5 Å². The van der Waals surface area contributed by atoms with E-state index in [0.717, 1.165) is 12.1 Å². The summed E-state index contributed by atoms with van der Waals surface area (Å²) in [5, 5.41) is 2.49. The first-order chi connectivity index (χ1) is 13.6. The Morgan fingerprint density at radius 1 is 1.10 bits per heavy atom. The van der Waals surface area contributed by atoms with Gasteiger partial charge < -0.3 is 14.8 Å². The summed E-state index contributed by atoms with van der Waals surface area (Å²) in [4.78, 5) is 17.8. The van der Waals surface area contributed by atoms with Crippen molar-refractivity contribution in [3.8, 4) is 0 Å². The highest BCUT2D eigenvalue weighted by atomic mass is 32.2. The van der Waals surface area contributed by atoms with Crippen molar-refractivity contribution in [1.29, 1.82) is 0 Å². The SMILES string of the molecule is Cn1cnc(S(=O)(=O)N2CCCN(C(=O)Nc3ccc(C(F)(F)F)cc3)CC2)c1. The molecule has 2 amide bonds. The molecule has 0 spiro atoms. The van der Waals surface area contributed by atoms with Crippen molar-refractivity contribution < 1.29 is 26.4 Å². The molecule has 3 rings (SSSR count). The van der Waals surface area contributed by atoms with Crippen LogP contribution < -0.4 is 5.32 Å². The molecule has 29 heavy (non-hydrogen) atoms. The van der Waals surface area contributed by atoms with Gasteiger partial charge in [-0.25, -0.2) is 18.2 Å². The average molecular weight is 431 g/mol. The number of carbonyl (C=O) groups is 1. The number of imidazole rings is 1. The standard InChI is InChI=1S/C17H20F3N5O3S/c1-23-11-15(21-12-23)29(27,28)25-8-2-7-24(9-10-25)16(26)22-14-5-3-13(4-6-14)17(18,19)20/h3-6,11-12H,2,7-10H2,1H3,(H,22,26). The zero-order chi connectivity index (χ0) is 21.2. The van der Waals surface area contributed by atoms with Crippen LogP contribution in [0.2, 0.25) is 0 Å². The maximum Gasteiger partial charge on any atom is 0.416 e. The number of amides is 2. The van der Waals surface area contributed by atoms with Crippen LogP contribution in [0.15, 0.2) is 41.8 Å². The molecule has 8 nitrogen and oxygen atoms in total. The van der Waals surface area contributed by atoms with Crippen LogP contribution in [0.3, 0.4) is 0 Å². The number of benzene rings is 1. The Labute approximate surface area is 166 Å². The summed E-state index contributed by atoms with van der Waals surface area (Å²) in [5.41, 5.74) is -0.578. The fourth-order valence-corrected chi connectivity index (χ4v) is 4.37. The highest BCUT2D eigenvalue weighted by molar-refractivity contribution is 7.89. The number of nitrogens with zero attached hydrogens (tertiary/aromatic N) is 4. The summed E-state index contributed by atoms with van der Waals surface area (Å²) >= 11 is 0. The Bertz CT molecular complexity index is 973. The molecule has 1 aromatic heterocycles. The third-order valence-corrected chi connectivity index (χ3v) is 6.28. The lowest BCUT2D eigenvalue weighted by atomic mass is 10.2. The largest absolute Gasteiger partial charge is 0.416 e. The number of halogens is 3. The van der Waals surface area contributed by atoms with Crippen LogP contribution in [0.25, 0.3) is 0 Å². The predicted octanol–water partition coefficient (Wildman–Crippen LogP) is 2.37. The molecule has 0 unspecified atom stereocenters. The lowest BCUT2D eigenvalue weighted by Gasteiger charge is -2.22. The first-order valence-corrected chi connectivity index (χ1v) is 10.2. The van der Waals surface area contributed by atoms with Crippen molar-refractivity contribution in [2.45, 2.75) is 17.6 Å². The van der Waals surface area contributed by atoms with Gasteiger partial charge in [-0.2, -0.15) is 17.5 Å². The third-order valence-electron chi connectivity index (χ3n) is 4.49. The van der Waals surface area contributed by atoms with Gasteiger partial charge in [0.15, 0.2) is 5.03 Å². The molecule has 0 radical (unpaired) electrons. The summed E-state index contributed by atoms with van der Waals surface area (Å²) in [6, 6.07) is 3.63. The van der Waals surface area contributed by atoms with Crippen LogP contribution in [0.4, 0.5) is 23.7 Å². The van der Waals surface area contributed by atoms with Crippen molar-refractivity contribution in [3.05, 3.63) is 42.4 Å². The fourth-order valence-electron chi connectivity index (χ4n) is 2.94. The molecule has 1 fully saturated rings. The summed E-state index contributed by atoms with van der Waals surface area (Å²) in [5.74, 6) is 0. The topological polar surface area (TPSA) is 87.5 Å². The molecule has 1 N–H and O–H groups in total. The smallest absolute Gasteiger partial charge is 0.339 e. The van der Waals surface area contributed by atoms with Gasteiger partial charge in [0, 0.05) is 45.1 Å². The summed E-state index contributed by atoms with van der Waals surface area (Å²) in [7, 11) is -2.09. The van der Waals surface area contributed by atoms with Gasteiger partial charge in [0.05, 0.1) is 11.9 Å². The van der Waals surface area contributed by atoms with Gasteiger partial charge >= 0.3 is 12.2 Å². The first-order valence-electron chi connectivity index (χ1n) is 8.79. The molecular weight excluding hydrogens is 411 g/mol. The van der Waals surface area contributed by atoms with E-state index >= 15 is 0 Å². The first kappa shape index (κ1) is 21.1. The molecule has 0 saturated carbocycles. The molecular formula is C17H20F3N5O3S. The van der Waals surface area contributed by atoms with E-state index in [9.17, 15) is 26.4 Å². The molecule has 1 saturated heterocycles. The molecule has 1 aliphatic rings. The highest BCUT2D eigenvalue weighted by Gasteiger charge is 2.31. The lowest BCUT2D eigenvalue weighted by Crippen LogP contribution is -2.39. The minimum Gasteiger partial charge on any atom is -0.339 e. The van der Waals surface area contributed by atoms with E-state index in [0.29, 0.717) is 13.0 Å². The van der Waals surface area contributed by atoms with Gasteiger partial charge in [0.1, 0.15) is 0 Å². The number of rotatable bonds is 3. The van der Waals surface area contributed by atoms with Crippen molar-refractivity contribution >= 4 is 21.7 Å².